The molecule has 0 unspecified atom stereocenters. The summed E-state index contributed by atoms with van der Waals surface area (Å²) in [6.45, 7) is 1.33. The molecule has 0 aromatic carbocycles. The predicted octanol–water partition coefficient (Wildman–Crippen LogP) is 1.24. The molecule has 1 aromatic heterocycles. The second-order valence-corrected chi connectivity index (χ2v) is 5.99. The molecule has 0 aliphatic heterocycles. The molecular formula is C14H22N2O3S. The van der Waals surface area contributed by atoms with Gasteiger partial charge in [0.05, 0.1) is 6.61 Å². The fraction of sp³-hybridized carbons (Fsp3) is 0.714. The Balaban J connectivity index is 2.30. The van der Waals surface area contributed by atoms with Crippen LogP contribution in [0.4, 0.5) is 0 Å². The molecule has 1 aromatic rings. The number of aliphatic hydroxyl groups excluding tert-OH is 1. The van der Waals surface area contributed by atoms with Crippen molar-refractivity contribution in [2.24, 2.45) is 0 Å². The van der Waals surface area contributed by atoms with Crippen molar-refractivity contribution in [3.05, 3.63) is 21.7 Å². The number of aromatic nitrogens is 2. The Hall–Kier alpha value is -0.850. The van der Waals surface area contributed by atoms with Crippen molar-refractivity contribution >= 4 is 11.8 Å². The number of aliphatic hydroxyl groups is 1. The van der Waals surface area contributed by atoms with Gasteiger partial charge in [0.2, 0.25) is 0 Å². The molecule has 2 rings (SSSR count). The lowest BCUT2D eigenvalue weighted by molar-refractivity contribution is 0.218. The highest BCUT2D eigenvalue weighted by Gasteiger charge is 2.20. The van der Waals surface area contributed by atoms with Crippen molar-refractivity contribution in [2.45, 2.75) is 43.7 Å². The molecule has 112 valence electrons. The van der Waals surface area contributed by atoms with Crippen LogP contribution < -0.4 is 5.69 Å². The number of fused-ring (bicyclic) bond motifs is 1. The normalized spacial score (nSPS) is 14.3. The Morgan fingerprint density at radius 3 is 2.95 bits per heavy atom. The van der Waals surface area contributed by atoms with Crippen molar-refractivity contribution in [3.63, 3.8) is 0 Å². The lowest BCUT2D eigenvalue weighted by Crippen LogP contribution is -2.30. The first-order valence-corrected chi connectivity index (χ1v) is 8.11. The minimum atomic E-state index is -0.181. The third kappa shape index (κ3) is 3.62. The van der Waals surface area contributed by atoms with Crippen molar-refractivity contribution in [2.75, 3.05) is 26.1 Å². The zero-order valence-corrected chi connectivity index (χ0v) is 12.7. The summed E-state index contributed by atoms with van der Waals surface area (Å²) < 4.78 is 6.81. The second-order valence-electron chi connectivity index (χ2n) is 4.90. The van der Waals surface area contributed by atoms with E-state index in [2.05, 4.69) is 4.98 Å². The lowest BCUT2D eigenvalue weighted by atomic mass is 9.97. The molecule has 0 radical (unpaired) electrons. The van der Waals surface area contributed by atoms with Gasteiger partial charge in [-0.05, 0) is 32.1 Å². The Bertz CT molecular complexity index is 502. The quantitative estimate of drug-likeness (QED) is 0.466. The van der Waals surface area contributed by atoms with Gasteiger partial charge in [0, 0.05) is 37.3 Å². The van der Waals surface area contributed by atoms with Crippen LogP contribution in [0.15, 0.2) is 9.82 Å². The third-order valence-electron chi connectivity index (χ3n) is 3.52. The van der Waals surface area contributed by atoms with Crippen molar-refractivity contribution in [1.29, 1.82) is 0 Å². The molecule has 1 aliphatic carbocycles. The van der Waals surface area contributed by atoms with E-state index in [0.29, 0.717) is 19.6 Å². The standard InChI is InChI=1S/C14H22N2O3S/c1-19-9-10-20-13-11-5-2-3-6-12(11)16(7-4-8-17)14(18)15-13/h17H,2-10H2,1H3. The first-order chi connectivity index (χ1) is 9.77. The van der Waals surface area contributed by atoms with Crippen LogP contribution in [-0.2, 0) is 24.1 Å². The summed E-state index contributed by atoms with van der Waals surface area (Å²) in [5.74, 6) is 0.816. The molecule has 20 heavy (non-hydrogen) atoms. The van der Waals surface area contributed by atoms with Gasteiger partial charge >= 0.3 is 5.69 Å². The van der Waals surface area contributed by atoms with Gasteiger partial charge in [-0.15, -0.1) is 11.8 Å². The van der Waals surface area contributed by atoms with E-state index in [1.54, 1.807) is 23.4 Å². The van der Waals surface area contributed by atoms with Gasteiger partial charge in [0.1, 0.15) is 5.03 Å². The average molecular weight is 298 g/mol. The maximum absolute atomic E-state index is 12.2. The van der Waals surface area contributed by atoms with E-state index < -0.39 is 0 Å². The molecule has 0 fully saturated rings. The average Bonchev–Trinajstić information content (AvgIpc) is 2.47. The summed E-state index contributed by atoms with van der Waals surface area (Å²) in [4.78, 5) is 16.4. The van der Waals surface area contributed by atoms with Crippen LogP contribution in [-0.4, -0.2) is 40.7 Å². The summed E-state index contributed by atoms with van der Waals surface area (Å²) in [5, 5.41) is 9.84. The molecule has 1 heterocycles. The van der Waals surface area contributed by atoms with E-state index in [4.69, 9.17) is 9.84 Å². The number of ether oxygens (including phenoxy) is 1. The molecule has 0 spiro atoms. The molecule has 1 aliphatic rings. The van der Waals surface area contributed by atoms with Crippen LogP contribution >= 0.6 is 11.8 Å². The maximum Gasteiger partial charge on any atom is 0.348 e. The minimum absolute atomic E-state index is 0.103. The Morgan fingerprint density at radius 1 is 1.40 bits per heavy atom. The van der Waals surface area contributed by atoms with Gasteiger partial charge in [-0.1, -0.05) is 0 Å². The smallest absolute Gasteiger partial charge is 0.348 e. The number of nitrogens with zero attached hydrogens (tertiary/aromatic N) is 2. The van der Waals surface area contributed by atoms with Crippen LogP contribution in [0.25, 0.3) is 0 Å². The number of hydrogen-bond donors (Lipinski definition) is 1. The summed E-state index contributed by atoms with van der Waals surface area (Å²) >= 11 is 1.61. The first-order valence-electron chi connectivity index (χ1n) is 7.13. The van der Waals surface area contributed by atoms with E-state index >= 15 is 0 Å². The second kappa shape index (κ2) is 7.81. The van der Waals surface area contributed by atoms with Crippen molar-refractivity contribution in [3.8, 4) is 0 Å². The summed E-state index contributed by atoms with van der Waals surface area (Å²) in [6, 6.07) is 0. The zero-order valence-electron chi connectivity index (χ0n) is 11.9. The summed E-state index contributed by atoms with van der Waals surface area (Å²) in [5.41, 5.74) is 2.18. The van der Waals surface area contributed by atoms with Crippen LogP contribution in [0.1, 0.15) is 30.5 Å². The van der Waals surface area contributed by atoms with Crippen LogP contribution in [0, 0.1) is 0 Å². The van der Waals surface area contributed by atoms with Crippen LogP contribution in [0.5, 0.6) is 0 Å². The van der Waals surface area contributed by atoms with Crippen molar-refractivity contribution in [1.82, 2.24) is 9.55 Å². The van der Waals surface area contributed by atoms with Gasteiger partial charge in [-0.2, -0.15) is 4.98 Å². The van der Waals surface area contributed by atoms with Crippen molar-refractivity contribution < 1.29 is 9.84 Å². The highest BCUT2D eigenvalue weighted by Crippen LogP contribution is 2.28. The summed E-state index contributed by atoms with van der Waals surface area (Å²) in [7, 11) is 1.68. The molecule has 0 saturated carbocycles. The fourth-order valence-electron chi connectivity index (χ4n) is 2.55. The van der Waals surface area contributed by atoms with E-state index in [-0.39, 0.29) is 12.3 Å². The molecule has 5 nitrogen and oxygen atoms in total. The zero-order chi connectivity index (χ0) is 14.4. The molecular weight excluding hydrogens is 276 g/mol. The molecule has 0 amide bonds. The maximum atomic E-state index is 12.2. The Kier molecular flexibility index (Phi) is 6.06. The number of rotatable bonds is 7. The van der Waals surface area contributed by atoms with Gasteiger partial charge in [0.15, 0.2) is 0 Å². The molecule has 1 N–H and O–H groups in total. The van der Waals surface area contributed by atoms with Gasteiger partial charge in [0.25, 0.3) is 0 Å². The topological polar surface area (TPSA) is 64.3 Å². The van der Waals surface area contributed by atoms with E-state index in [9.17, 15) is 4.79 Å². The number of thioether (sulfide) groups is 1. The SMILES string of the molecule is COCCSc1nc(=O)n(CCCO)c2c1CCCC2. The molecule has 0 bridgehead atoms. The van der Waals surface area contributed by atoms with Gasteiger partial charge < -0.3 is 9.84 Å². The molecule has 0 saturated heterocycles. The van der Waals surface area contributed by atoms with E-state index in [1.807, 2.05) is 0 Å². The molecule has 6 heteroatoms. The number of methoxy groups -OCH3 is 1. The molecule has 0 atom stereocenters. The van der Waals surface area contributed by atoms with Gasteiger partial charge in [-0.25, -0.2) is 4.79 Å². The lowest BCUT2D eigenvalue weighted by Gasteiger charge is -2.22. The van der Waals surface area contributed by atoms with E-state index in [1.165, 1.54) is 5.56 Å². The highest BCUT2D eigenvalue weighted by atomic mass is 32.2. The Labute approximate surface area is 123 Å². The number of hydrogen-bond acceptors (Lipinski definition) is 5. The Morgan fingerprint density at radius 2 is 2.20 bits per heavy atom. The minimum Gasteiger partial charge on any atom is -0.396 e. The fourth-order valence-corrected chi connectivity index (χ4v) is 3.53. The van der Waals surface area contributed by atoms with Crippen LogP contribution in [0.3, 0.4) is 0 Å². The third-order valence-corrected chi connectivity index (χ3v) is 4.50. The monoisotopic (exact) mass is 298 g/mol. The van der Waals surface area contributed by atoms with E-state index in [0.717, 1.165) is 42.2 Å². The van der Waals surface area contributed by atoms with Crippen LogP contribution in [0.2, 0.25) is 0 Å². The van der Waals surface area contributed by atoms with Gasteiger partial charge in [-0.3, -0.25) is 4.57 Å². The highest BCUT2D eigenvalue weighted by molar-refractivity contribution is 7.99. The first kappa shape index (κ1) is 15.5. The predicted molar refractivity (Wildman–Crippen MR) is 79.4 cm³/mol. The summed E-state index contributed by atoms with van der Waals surface area (Å²) in [6.07, 6.45) is 4.82. The largest absolute Gasteiger partial charge is 0.396 e.